The topological polar surface area (TPSA) is 49.4 Å². The molecule has 0 aromatic heterocycles. The first kappa shape index (κ1) is 25.1. The van der Waals surface area contributed by atoms with Gasteiger partial charge in [0.25, 0.3) is 0 Å². The van der Waals surface area contributed by atoms with E-state index < -0.39 is 6.04 Å². The average molecular weight is 538 g/mol. The predicted molar refractivity (Wildman–Crippen MR) is 137 cm³/mol. The lowest BCUT2D eigenvalue weighted by atomic mass is 9.95. The highest BCUT2D eigenvalue weighted by molar-refractivity contribution is 9.10. The fraction of sp³-hybridized carbons (Fsp3) is 0.440. The van der Waals surface area contributed by atoms with Gasteiger partial charge in [-0.25, -0.2) is 0 Å². The van der Waals surface area contributed by atoms with E-state index in [9.17, 15) is 9.59 Å². The van der Waals surface area contributed by atoms with Crippen molar-refractivity contribution in [2.75, 3.05) is 5.75 Å². The summed E-state index contributed by atoms with van der Waals surface area (Å²) in [5.41, 5.74) is 2.07. The van der Waals surface area contributed by atoms with Crippen LogP contribution in [0.4, 0.5) is 0 Å². The molecule has 1 fully saturated rings. The Balaban J connectivity index is 1.65. The van der Waals surface area contributed by atoms with E-state index in [1.165, 1.54) is 18.2 Å². The molecule has 0 heterocycles. The van der Waals surface area contributed by atoms with Crippen LogP contribution in [0, 0.1) is 0 Å². The van der Waals surface area contributed by atoms with Gasteiger partial charge in [-0.3, -0.25) is 9.59 Å². The van der Waals surface area contributed by atoms with E-state index in [2.05, 4.69) is 21.2 Å². The van der Waals surface area contributed by atoms with Gasteiger partial charge in [0.1, 0.15) is 6.04 Å². The minimum absolute atomic E-state index is 0.0386. The third kappa shape index (κ3) is 7.82. The molecule has 0 bridgehead atoms. The largest absolute Gasteiger partial charge is 0.352 e. The fourth-order valence-corrected chi connectivity index (χ4v) is 5.47. The van der Waals surface area contributed by atoms with Crippen molar-refractivity contribution < 1.29 is 9.59 Å². The number of halogens is 2. The van der Waals surface area contributed by atoms with E-state index >= 15 is 0 Å². The number of nitrogens with one attached hydrogen (secondary N) is 1. The van der Waals surface area contributed by atoms with Crippen molar-refractivity contribution in [3.8, 4) is 0 Å². The summed E-state index contributed by atoms with van der Waals surface area (Å²) in [6.45, 7) is 2.23. The molecule has 0 spiro atoms. The van der Waals surface area contributed by atoms with Crippen LogP contribution in [0.3, 0.4) is 0 Å². The summed E-state index contributed by atoms with van der Waals surface area (Å²) >= 11 is 11.1. The molecular weight excluding hydrogens is 508 g/mol. The highest BCUT2D eigenvalue weighted by Crippen LogP contribution is 2.21. The summed E-state index contributed by atoms with van der Waals surface area (Å²) < 4.78 is 0.956. The summed E-state index contributed by atoms with van der Waals surface area (Å²) in [4.78, 5) is 27.9. The molecule has 7 heteroatoms. The maximum atomic E-state index is 13.2. The van der Waals surface area contributed by atoms with Crippen LogP contribution < -0.4 is 5.32 Å². The Bertz CT molecular complexity index is 920. The van der Waals surface area contributed by atoms with Gasteiger partial charge in [0.15, 0.2) is 0 Å². The van der Waals surface area contributed by atoms with Crippen LogP contribution in [0.25, 0.3) is 0 Å². The first-order valence-corrected chi connectivity index (χ1v) is 13.4. The molecule has 0 saturated heterocycles. The Morgan fingerprint density at radius 2 is 1.84 bits per heavy atom. The van der Waals surface area contributed by atoms with Gasteiger partial charge >= 0.3 is 0 Å². The number of amides is 2. The first-order valence-electron chi connectivity index (χ1n) is 11.1. The smallest absolute Gasteiger partial charge is 0.242 e. The molecule has 0 radical (unpaired) electrons. The minimum Gasteiger partial charge on any atom is -0.352 e. The molecule has 2 amide bonds. The van der Waals surface area contributed by atoms with Gasteiger partial charge in [-0.05, 0) is 55.2 Å². The molecule has 1 aliphatic carbocycles. The van der Waals surface area contributed by atoms with Crippen molar-refractivity contribution in [3.63, 3.8) is 0 Å². The number of thioether (sulfide) groups is 1. The number of hydrogen-bond donors (Lipinski definition) is 1. The second kappa shape index (κ2) is 12.7. The summed E-state index contributed by atoms with van der Waals surface area (Å²) in [7, 11) is 0. The van der Waals surface area contributed by atoms with Crippen molar-refractivity contribution >= 4 is 51.1 Å². The van der Waals surface area contributed by atoms with Crippen LogP contribution >= 0.6 is 39.3 Å². The second-order valence-corrected chi connectivity index (χ2v) is 10.6. The van der Waals surface area contributed by atoms with Crippen molar-refractivity contribution in [1.82, 2.24) is 10.2 Å². The van der Waals surface area contributed by atoms with Crippen LogP contribution in [-0.2, 0) is 21.9 Å². The van der Waals surface area contributed by atoms with E-state index in [-0.39, 0.29) is 17.9 Å². The Kier molecular flexibility index (Phi) is 9.94. The van der Waals surface area contributed by atoms with Crippen molar-refractivity contribution in [2.45, 2.75) is 63.4 Å². The number of hydrogen-bond acceptors (Lipinski definition) is 3. The highest BCUT2D eigenvalue weighted by atomic mass is 79.9. The maximum Gasteiger partial charge on any atom is 0.242 e. The Hall–Kier alpha value is -1.50. The molecule has 4 nitrogen and oxygen atoms in total. The monoisotopic (exact) mass is 536 g/mol. The number of carbonyl (C=O) groups is 2. The lowest BCUT2D eigenvalue weighted by Gasteiger charge is -2.31. The average Bonchev–Trinajstić information content (AvgIpc) is 2.77. The molecule has 1 aliphatic rings. The van der Waals surface area contributed by atoms with Gasteiger partial charge in [0, 0.05) is 27.8 Å². The van der Waals surface area contributed by atoms with Crippen LogP contribution in [0.5, 0.6) is 0 Å². The highest BCUT2D eigenvalue weighted by Gasteiger charge is 2.28. The van der Waals surface area contributed by atoms with Gasteiger partial charge in [-0.15, -0.1) is 11.8 Å². The molecule has 1 atom stereocenters. The molecule has 0 unspecified atom stereocenters. The van der Waals surface area contributed by atoms with Crippen LogP contribution in [0.1, 0.15) is 50.2 Å². The Morgan fingerprint density at radius 1 is 1.12 bits per heavy atom. The van der Waals surface area contributed by atoms with E-state index in [1.54, 1.807) is 4.90 Å². The number of benzene rings is 2. The third-order valence-corrected chi connectivity index (χ3v) is 7.46. The second-order valence-electron chi connectivity index (χ2n) is 8.29. The molecule has 1 saturated carbocycles. The normalized spacial score (nSPS) is 15.2. The third-order valence-electron chi connectivity index (χ3n) is 5.74. The van der Waals surface area contributed by atoms with E-state index in [0.717, 1.165) is 41.3 Å². The van der Waals surface area contributed by atoms with Crippen molar-refractivity contribution in [1.29, 1.82) is 0 Å². The molecule has 172 valence electrons. The SMILES string of the molecule is C[C@@H](C(=O)NC1CCCCC1)N(Cc1cccc(Br)c1)C(=O)CSCc1cccc(Cl)c1. The lowest BCUT2D eigenvalue weighted by Crippen LogP contribution is -2.50. The van der Waals surface area contributed by atoms with Gasteiger partial charge < -0.3 is 10.2 Å². The zero-order chi connectivity index (χ0) is 22.9. The number of nitrogens with zero attached hydrogens (tertiary/aromatic N) is 1. The quantitative estimate of drug-likeness (QED) is 0.414. The van der Waals surface area contributed by atoms with Crippen molar-refractivity contribution in [3.05, 3.63) is 69.2 Å². The zero-order valence-electron chi connectivity index (χ0n) is 18.4. The van der Waals surface area contributed by atoms with Crippen LogP contribution in [0.15, 0.2) is 53.0 Å². The molecule has 32 heavy (non-hydrogen) atoms. The summed E-state index contributed by atoms with van der Waals surface area (Å²) in [6.07, 6.45) is 5.58. The van der Waals surface area contributed by atoms with E-state index in [0.29, 0.717) is 23.1 Å². The van der Waals surface area contributed by atoms with Crippen molar-refractivity contribution in [2.24, 2.45) is 0 Å². The fourth-order valence-electron chi connectivity index (χ4n) is 3.95. The molecular formula is C25H30BrClN2O2S. The Labute approximate surface area is 208 Å². The maximum absolute atomic E-state index is 13.2. The van der Waals surface area contributed by atoms with Crippen LogP contribution in [-0.4, -0.2) is 34.6 Å². The van der Waals surface area contributed by atoms with Gasteiger partial charge in [-0.2, -0.15) is 0 Å². The predicted octanol–water partition coefficient (Wildman–Crippen LogP) is 6.20. The standard InChI is InChI=1S/C25H30BrClN2O2S/c1-18(25(31)28-23-11-3-2-4-12-23)29(15-19-7-5-9-21(26)13-19)24(30)17-32-16-20-8-6-10-22(27)14-20/h5-10,13-14,18,23H,2-4,11-12,15-17H2,1H3,(H,28,31)/t18-/m0/s1. The molecule has 0 aliphatic heterocycles. The number of rotatable bonds is 9. The van der Waals surface area contributed by atoms with Crippen LogP contribution in [0.2, 0.25) is 5.02 Å². The summed E-state index contributed by atoms with van der Waals surface area (Å²) in [5.74, 6) is 0.893. The van der Waals surface area contributed by atoms with Gasteiger partial charge in [0.2, 0.25) is 11.8 Å². The summed E-state index contributed by atoms with van der Waals surface area (Å²) in [6, 6.07) is 15.2. The minimum atomic E-state index is -0.532. The van der Waals surface area contributed by atoms with Gasteiger partial charge in [-0.1, -0.05) is 71.1 Å². The van der Waals surface area contributed by atoms with Gasteiger partial charge in [0.05, 0.1) is 5.75 Å². The Morgan fingerprint density at radius 3 is 2.56 bits per heavy atom. The molecule has 2 aromatic rings. The zero-order valence-corrected chi connectivity index (χ0v) is 21.5. The first-order chi connectivity index (χ1) is 15.4. The summed E-state index contributed by atoms with van der Waals surface area (Å²) in [5, 5.41) is 3.87. The lowest BCUT2D eigenvalue weighted by molar-refractivity contribution is -0.139. The molecule has 2 aromatic carbocycles. The van der Waals surface area contributed by atoms with E-state index in [1.807, 2.05) is 55.5 Å². The van der Waals surface area contributed by atoms with E-state index in [4.69, 9.17) is 11.6 Å². The molecule has 3 rings (SSSR count). The number of carbonyl (C=O) groups excluding carboxylic acids is 2. The molecule has 1 N–H and O–H groups in total.